The fraction of sp³-hybridized carbons (Fsp3) is 0.684. The zero-order chi connectivity index (χ0) is 14.5. The fourth-order valence-electron chi connectivity index (χ4n) is 3.86. The van der Waals surface area contributed by atoms with Crippen molar-refractivity contribution in [3.63, 3.8) is 0 Å². The normalized spacial score (nSPS) is 26.9. The molecule has 0 aromatic heterocycles. The van der Waals surface area contributed by atoms with Crippen LogP contribution in [0.4, 0.5) is 5.69 Å². The van der Waals surface area contributed by atoms with Gasteiger partial charge in [-0.1, -0.05) is 25.5 Å². The number of nitrogens with one attached hydrogen (secondary N) is 1. The van der Waals surface area contributed by atoms with E-state index in [1.54, 1.807) is 0 Å². The Balaban J connectivity index is 1.48. The lowest BCUT2D eigenvalue weighted by atomic mass is 9.84. The number of hydrogen-bond acceptors (Lipinski definition) is 2. The maximum Gasteiger partial charge on any atom is 0.0342 e. The molecule has 21 heavy (non-hydrogen) atoms. The highest BCUT2D eigenvalue weighted by Gasteiger charge is 2.19. The molecule has 1 saturated heterocycles. The van der Waals surface area contributed by atoms with Crippen LogP contribution >= 0.6 is 0 Å². The summed E-state index contributed by atoms with van der Waals surface area (Å²) in [6, 6.07) is 9.85. The van der Waals surface area contributed by atoms with Crippen LogP contribution in [-0.2, 0) is 6.54 Å². The van der Waals surface area contributed by atoms with Crippen LogP contribution < -0.4 is 5.32 Å². The first-order chi connectivity index (χ1) is 10.3. The third-order valence-corrected chi connectivity index (χ3v) is 5.35. The maximum absolute atomic E-state index is 3.73. The Morgan fingerprint density at radius 3 is 2.29 bits per heavy atom. The molecule has 1 aliphatic carbocycles. The SMILES string of the molecule is CCC1CCC(Nc2ccc(CN3CCCC3)cc2)CC1. The van der Waals surface area contributed by atoms with Gasteiger partial charge in [0.2, 0.25) is 0 Å². The van der Waals surface area contributed by atoms with Gasteiger partial charge in [-0.2, -0.15) is 0 Å². The van der Waals surface area contributed by atoms with E-state index in [9.17, 15) is 0 Å². The van der Waals surface area contributed by atoms with Crippen LogP contribution in [-0.4, -0.2) is 24.0 Å². The minimum Gasteiger partial charge on any atom is -0.382 e. The molecule has 1 aromatic carbocycles. The summed E-state index contributed by atoms with van der Waals surface area (Å²) < 4.78 is 0. The van der Waals surface area contributed by atoms with Gasteiger partial charge < -0.3 is 5.32 Å². The van der Waals surface area contributed by atoms with Crippen molar-refractivity contribution >= 4 is 5.69 Å². The number of anilines is 1. The number of likely N-dealkylation sites (tertiary alicyclic amines) is 1. The van der Waals surface area contributed by atoms with Crippen molar-refractivity contribution in [1.29, 1.82) is 0 Å². The van der Waals surface area contributed by atoms with Crippen LogP contribution in [0.3, 0.4) is 0 Å². The van der Waals surface area contributed by atoms with Gasteiger partial charge in [0.25, 0.3) is 0 Å². The molecule has 1 heterocycles. The zero-order valence-corrected chi connectivity index (χ0v) is 13.5. The molecule has 0 spiro atoms. The average molecular weight is 286 g/mol. The standard InChI is InChI=1S/C19H30N2/c1-2-16-5-9-18(10-6-16)20-19-11-7-17(8-12-19)15-21-13-3-4-14-21/h7-8,11-12,16,18,20H,2-6,9-10,13-15H2,1H3. The summed E-state index contributed by atoms with van der Waals surface area (Å²) in [5.41, 5.74) is 2.76. The van der Waals surface area contributed by atoms with Crippen molar-refractivity contribution < 1.29 is 0 Å². The molecule has 116 valence electrons. The second-order valence-corrected chi connectivity index (χ2v) is 6.95. The van der Waals surface area contributed by atoms with Gasteiger partial charge in [-0.3, -0.25) is 4.90 Å². The van der Waals surface area contributed by atoms with E-state index < -0.39 is 0 Å². The Kier molecular flexibility index (Phi) is 5.18. The predicted octanol–water partition coefficient (Wildman–Crippen LogP) is 4.66. The van der Waals surface area contributed by atoms with Gasteiger partial charge in [0.05, 0.1) is 0 Å². The molecule has 0 bridgehead atoms. The minimum absolute atomic E-state index is 0.692. The largest absolute Gasteiger partial charge is 0.382 e. The first kappa shape index (κ1) is 14.9. The highest BCUT2D eigenvalue weighted by atomic mass is 15.1. The maximum atomic E-state index is 3.73. The molecule has 0 unspecified atom stereocenters. The summed E-state index contributed by atoms with van der Waals surface area (Å²) in [5.74, 6) is 0.978. The van der Waals surface area contributed by atoms with Crippen molar-refractivity contribution in [2.75, 3.05) is 18.4 Å². The third-order valence-electron chi connectivity index (χ3n) is 5.35. The van der Waals surface area contributed by atoms with Crippen molar-refractivity contribution in [1.82, 2.24) is 4.90 Å². The number of rotatable bonds is 5. The van der Waals surface area contributed by atoms with Crippen LogP contribution in [0.1, 0.15) is 57.4 Å². The van der Waals surface area contributed by atoms with Crippen LogP contribution in [0.25, 0.3) is 0 Å². The third kappa shape index (κ3) is 4.23. The molecule has 0 atom stereocenters. The molecular weight excluding hydrogens is 256 g/mol. The zero-order valence-electron chi connectivity index (χ0n) is 13.5. The molecule has 1 aromatic rings. The van der Waals surface area contributed by atoms with E-state index >= 15 is 0 Å². The van der Waals surface area contributed by atoms with Gasteiger partial charge in [0.15, 0.2) is 0 Å². The van der Waals surface area contributed by atoms with Gasteiger partial charge in [-0.15, -0.1) is 0 Å². The van der Waals surface area contributed by atoms with Crippen molar-refractivity contribution in [3.8, 4) is 0 Å². The second kappa shape index (κ2) is 7.31. The van der Waals surface area contributed by atoms with Crippen LogP contribution in [0.5, 0.6) is 0 Å². The lowest BCUT2D eigenvalue weighted by Gasteiger charge is -2.29. The summed E-state index contributed by atoms with van der Waals surface area (Å²) in [6.07, 6.45) is 9.60. The van der Waals surface area contributed by atoms with Crippen molar-refractivity contribution in [2.24, 2.45) is 5.92 Å². The van der Waals surface area contributed by atoms with Gasteiger partial charge in [0.1, 0.15) is 0 Å². The number of nitrogens with zero attached hydrogens (tertiary/aromatic N) is 1. The summed E-state index contributed by atoms with van der Waals surface area (Å²) >= 11 is 0. The highest BCUT2D eigenvalue weighted by Crippen LogP contribution is 2.28. The van der Waals surface area contributed by atoms with Gasteiger partial charge in [-0.25, -0.2) is 0 Å². The van der Waals surface area contributed by atoms with E-state index in [0.29, 0.717) is 6.04 Å². The monoisotopic (exact) mass is 286 g/mol. The van der Waals surface area contributed by atoms with Gasteiger partial charge in [-0.05, 0) is 75.2 Å². The van der Waals surface area contributed by atoms with Crippen molar-refractivity contribution in [2.45, 2.75) is 64.5 Å². The quantitative estimate of drug-likeness (QED) is 0.846. The Morgan fingerprint density at radius 1 is 1.00 bits per heavy atom. The first-order valence-electron chi connectivity index (χ1n) is 8.91. The van der Waals surface area contributed by atoms with E-state index in [2.05, 4.69) is 41.4 Å². The molecule has 3 rings (SSSR count). The van der Waals surface area contributed by atoms with E-state index in [1.165, 1.54) is 69.3 Å². The summed E-state index contributed by atoms with van der Waals surface area (Å²) in [4.78, 5) is 2.56. The predicted molar refractivity (Wildman–Crippen MR) is 90.6 cm³/mol. The highest BCUT2D eigenvalue weighted by molar-refractivity contribution is 5.45. The summed E-state index contributed by atoms with van der Waals surface area (Å²) in [7, 11) is 0. The number of benzene rings is 1. The molecule has 2 nitrogen and oxygen atoms in total. The molecule has 1 saturated carbocycles. The lowest BCUT2D eigenvalue weighted by molar-refractivity contribution is 0.330. The molecule has 0 radical (unpaired) electrons. The molecule has 2 fully saturated rings. The molecule has 1 N–H and O–H groups in total. The Hall–Kier alpha value is -1.02. The van der Waals surface area contributed by atoms with Gasteiger partial charge >= 0.3 is 0 Å². The summed E-state index contributed by atoms with van der Waals surface area (Å²) in [5, 5.41) is 3.73. The van der Waals surface area contributed by atoms with Gasteiger partial charge in [0, 0.05) is 18.3 Å². The van der Waals surface area contributed by atoms with E-state index in [-0.39, 0.29) is 0 Å². The topological polar surface area (TPSA) is 15.3 Å². The minimum atomic E-state index is 0.692. The Morgan fingerprint density at radius 2 is 1.67 bits per heavy atom. The Bertz CT molecular complexity index is 412. The molecule has 2 heteroatoms. The molecule has 0 amide bonds. The van der Waals surface area contributed by atoms with Crippen LogP contribution in [0.15, 0.2) is 24.3 Å². The second-order valence-electron chi connectivity index (χ2n) is 6.95. The summed E-state index contributed by atoms with van der Waals surface area (Å²) in [6.45, 7) is 6.01. The number of hydrogen-bond donors (Lipinski definition) is 1. The van der Waals surface area contributed by atoms with Crippen molar-refractivity contribution in [3.05, 3.63) is 29.8 Å². The lowest BCUT2D eigenvalue weighted by Crippen LogP contribution is -2.25. The fourth-order valence-corrected chi connectivity index (χ4v) is 3.86. The first-order valence-corrected chi connectivity index (χ1v) is 8.91. The Labute approximate surface area is 129 Å². The van der Waals surface area contributed by atoms with E-state index in [1.807, 2.05) is 0 Å². The molecule has 2 aliphatic rings. The van der Waals surface area contributed by atoms with E-state index in [4.69, 9.17) is 0 Å². The van der Waals surface area contributed by atoms with Crippen LogP contribution in [0.2, 0.25) is 0 Å². The molecular formula is C19H30N2. The smallest absolute Gasteiger partial charge is 0.0342 e. The van der Waals surface area contributed by atoms with Crippen LogP contribution in [0, 0.1) is 5.92 Å². The van der Waals surface area contributed by atoms with E-state index in [0.717, 1.165) is 12.5 Å². The molecule has 1 aliphatic heterocycles. The average Bonchev–Trinajstić information content (AvgIpc) is 3.03.